The molecule has 20 heavy (non-hydrogen) atoms. The van der Waals surface area contributed by atoms with Crippen LogP contribution < -0.4 is 5.32 Å². The van der Waals surface area contributed by atoms with Gasteiger partial charge in [-0.1, -0.05) is 39.7 Å². The summed E-state index contributed by atoms with van der Waals surface area (Å²) in [4.78, 5) is 0. The van der Waals surface area contributed by atoms with Crippen molar-refractivity contribution in [2.75, 3.05) is 7.05 Å². The first-order chi connectivity index (χ1) is 9.43. The van der Waals surface area contributed by atoms with Crippen LogP contribution in [0.2, 0.25) is 5.02 Å². The minimum absolute atomic E-state index is 0.0863. The quantitative estimate of drug-likeness (QED) is 0.800. The standard InChI is InChI=1S/C16H16BrClFN/c1-9-6-13(15(18)7-10(9)2)16(20-3)12-5-4-11(19)8-14(12)17/h4-8,16,20H,1-3H3. The Morgan fingerprint density at radius 2 is 1.75 bits per heavy atom. The Balaban J connectivity index is 2.55. The average molecular weight is 357 g/mol. The molecule has 1 N–H and O–H groups in total. The molecule has 0 radical (unpaired) electrons. The van der Waals surface area contributed by atoms with E-state index in [1.165, 1.54) is 17.7 Å². The van der Waals surface area contributed by atoms with Gasteiger partial charge in [-0.15, -0.1) is 0 Å². The van der Waals surface area contributed by atoms with Crippen molar-refractivity contribution < 1.29 is 4.39 Å². The molecule has 1 atom stereocenters. The zero-order valence-corrected chi connectivity index (χ0v) is 13.9. The van der Waals surface area contributed by atoms with Gasteiger partial charge in [0.05, 0.1) is 6.04 Å². The van der Waals surface area contributed by atoms with Crippen LogP contribution in [0.3, 0.4) is 0 Å². The van der Waals surface area contributed by atoms with Crippen LogP contribution in [0.1, 0.15) is 28.3 Å². The van der Waals surface area contributed by atoms with Crippen LogP contribution in [0, 0.1) is 19.7 Å². The second kappa shape index (κ2) is 6.25. The van der Waals surface area contributed by atoms with Crippen molar-refractivity contribution in [1.29, 1.82) is 0 Å². The SMILES string of the molecule is CNC(c1cc(C)c(C)cc1Cl)c1ccc(F)cc1Br. The number of halogens is 3. The topological polar surface area (TPSA) is 12.0 Å². The number of nitrogens with one attached hydrogen (secondary N) is 1. The molecule has 0 saturated heterocycles. The summed E-state index contributed by atoms with van der Waals surface area (Å²) in [6.07, 6.45) is 0. The molecular weight excluding hydrogens is 341 g/mol. The Morgan fingerprint density at radius 3 is 2.35 bits per heavy atom. The fourth-order valence-electron chi connectivity index (χ4n) is 2.24. The number of rotatable bonds is 3. The van der Waals surface area contributed by atoms with Gasteiger partial charge in [0, 0.05) is 9.50 Å². The van der Waals surface area contributed by atoms with Gasteiger partial charge in [-0.25, -0.2) is 4.39 Å². The lowest BCUT2D eigenvalue weighted by Gasteiger charge is -2.21. The van der Waals surface area contributed by atoms with Crippen molar-refractivity contribution >= 4 is 27.5 Å². The van der Waals surface area contributed by atoms with E-state index in [0.717, 1.165) is 21.2 Å². The van der Waals surface area contributed by atoms with Crippen molar-refractivity contribution in [2.24, 2.45) is 0 Å². The zero-order valence-electron chi connectivity index (χ0n) is 11.6. The van der Waals surface area contributed by atoms with E-state index in [1.54, 1.807) is 6.07 Å². The van der Waals surface area contributed by atoms with Crippen molar-refractivity contribution in [2.45, 2.75) is 19.9 Å². The van der Waals surface area contributed by atoms with Crippen LogP contribution in [-0.2, 0) is 0 Å². The molecule has 1 nitrogen and oxygen atoms in total. The maximum absolute atomic E-state index is 13.2. The van der Waals surface area contributed by atoms with Crippen LogP contribution in [0.5, 0.6) is 0 Å². The molecule has 0 aromatic heterocycles. The van der Waals surface area contributed by atoms with E-state index in [-0.39, 0.29) is 11.9 Å². The number of hydrogen-bond donors (Lipinski definition) is 1. The molecule has 0 saturated carbocycles. The zero-order chi connectivity index (χ0) is 14.9. The van der Waals surface area contributed by atoms with Crippen LogP contribution >= 0.6 is 27.5 Å². The monoisotopic (exact) mass is 355 g/mol. The summed E-state index contributed by atoms with van der Waals surface area (Å²) in [5.41, 5.74) is 4.29. The number of aryl methyl sites for hydroxylation is 2. The van der Waals surface area contributed by atoms with E-state index in [4.69, 9.17) is 11.6 Å². The van der Waals surface area contributed by atoms with E-state index in [0.29, 0.717) is 5.02 Å². The fraction of sp³-hybridized carbons (Fsp3) is 0.250. The molecule has 0 aliphatic carbocycles. The smallest absolute Gasteiger partial charge is 0.124 e. The molecule has 4 heteroatoms. The van der Waals surface area contributed by atoms with E-state index in [1.807, 2.05) is 20.0 Å². The summed E-state index contributed by atoms with van der Waals surface area (Å²) in [5, 5.41) is 3.96. The van der Waals surface area contributed by atoms with Gasteiger partial charge in [-0.2, -0.15) is 0 Å². The largest absolute Gasteiger partial charge is 0.309 e. The highest BCUT2D eigenvalue weighted by Gasteiger charge is 2.18. The highest BCUT2D eigenvalue weighted by molar-refractivity contribution is 9.10. The molecular formula is C16H16BrClFN. The van der Waals surface area contributed by atoms with Gasteiger partial charge in [0.15, 0.2) is 0 Å². The molecule has 0 spiro atoms. The minimum atomic E-state index is -0.262. The molecule has 2 rings (SSSR count). The molecule has 2 aromatic rings. The van der Waals surface area contributed by atoms with Gasteiger partial charge in [0.25, 0.3) is 0 Å². The first-order valence-electron chi connectivity index (χ1n) is 6.33. The first kappa shape index (κ1) is 15.5. The normalized spacial score (nSPS) is 12.5. The molecule has 106 valence electrons. The second-order valence-electron chi connectivity index (χ2n) is 4.85. The highest BCUT2D eigenvalue weighted by atomic mass is 79.9. The number of benzene rings is 2. The maximum Gasteiger partial charge on any atom is 0.124 e. The summed E-state index contributed by atoms with van der Waals surface area (Å²) in [7, 11) is 1.87. The van der Waals surface area contributed by atoms with Crippen molar-refractivity contribution in [1.82, 2.24) is 5.32 Å². The van der Waals surface area contributed by atoms with Gasteiger partial charge in [0.1, 0.15) is 5.82 Å². The minimum Gasteiger partial charge on any atom is -0.309 e. The number of hydrogen-bond acceptors (Lipinski definition) is 1. The molecule has 0 amide bonds. The molecule has 0 bridgehead atoms. The predicted octanol–water partition coefficient (Wildman–Crippen LogP) is 5.17. The lowest BCUT2D eigenvalue weighted by atomic mass is 9.95. The Kier molecular flexibility index (Phi) is 4.84. The fourth-order valence-corrected chi connectivity index (χ4v) is 3.15. The van der Waals surface area contributed by atoms with Crippen LogP contribution in [0.25, 0.3) is 0 Å². The lowest BCUT2D eigenvalue weighted by molar-refractivity contribution is 0.621. The maximum atomic E-state index is 13.2. The first-order valence-corrected chi connectivity index (χ1v) is 7.50. The Bertz CT molecular complexity index is 643. The second-order valence-corrected chi connectivity index (χ2v) is 6.11. The molecule has 0 aliphatic heterocycles. The van der Waals surface area contributed by atoms with Crippen molar-refractivity contribution in [3.05, 3.63) is 67.9 Å². The molecule has 0 heterocycles. The van der Waals surface area contributed by atoms with Crippen molar-refractivity contribution in [3.63, 3.8) is 0 Å². The predicted molar refractivity (Wildman–Crippen MR) is 85.9 cm³/mol. The van der Waals surface area contributed by atoms with E-state index < -0.39 is 0 Å². The molecule has 1 unspecified atom stereocenters. The third-order valence-corrected chi connectivity index (χ3v) is 4.50. The van der Waals surface area contributed by atoms with Gasteiger partial charge in [-0.3, -0.25) is 0 Å². The molecule has 0 fully saturated rings. The molecule has 0 aliphatic rings. The van der Waals surface area contributed by atoms with Crippen molar-refractivity contribution in [3.8, 4) is 0 Å². The van der Waals surface area contributed by atoms with E-state index >= 15 is 0 Å². The van der Waals surface area contributed by atoms with E-state index in [2.05, 4.69) is 34.2 Å². The Morgan fingerprint density at radius 1 is 1.10 bits per heavy atom. The summed E-state index contributed by atoms with van der Waals surface area (Å²) in [6.45, 7) is 4.09. The highest BCUT2D eigenvalue weighted by Crippen LogP contribution is 2.34. The Labute approximate surface area is 132 Å². The van der Waals surface area contributed by atoms with Gasteiger partial charge in [0.2, 0.25) is 0 Å². The third kappa shape index (κ3) is 3.05. The summed E-state index contributed by atoms with van der Waals surface area (Å²) in [6, 6.07) is 8.65. The average Bonchev–Trinajstić information content (AvgIpc) is 2.38. The summed E-state index contributed by atoms with van der Waals surface area (Å²) < 4.78 is 14.0. The summed E-state index contributed by atoms with van der Waals surface area (Å²) in [5.74, 6) is -0.262. The van der Waals surface area contributed by atoms with Gasteiger partial charge in [-0.05, 0) is 61.3 Å². The third-order valence-electron chi connectivity index (χ3n) is 3.49. The summed E-state index contributed by atoms with van der Waals surface area (Å²) >= 11 is 9.80. The lowest BCUT2D eigenvalue weighted by Crippen LogP contribution is -2.19. The van der Waals surface area contributed by atoms with Gasteiger partial charge >= 0.3 is 0 Å². The van der Waals surface area contributed by atoms with Crippen LogP contribution in [0.4, 0.5) is 4.39 Å². The van der Waals surface area contributed by atoms with E-state index in [9.17, 15) is 4.39 Å². The molecule has 2 aromatic carbocycles. The van der Waals surface area contributed by atoms with Gasteiger partial charge < -0.3 is 5.32 Å². The Hall–Kier alpha value is -0.900. The van der Waals surface area contributed by atoms with Crippen LogP contribution in [-0.4, -0.2) is 7.05 Å². The van der Waals surface area contributed by atoms with Crippen LogP contribution in [0.15, 0.2) is 34.8 Å².